The molecule has 0 amide bonds. The average Bonchev–Trinajstić information content (AvgIpc) is 2.80. The van der Waals surface area contributed by atoms with Gasteiger partial charge in [-0.1, -0.05) is 39.8 Å². The van der Waals surface area contributed by atoms with Crippen molar-refractivity contribution in [3.63, 3.8) is 0 Å². The summed E-state index contributed by atoms with van der Waals surface area (Å²) < 4.78 is 5.57. The van der Waals surface area contributed by atoms with Crippen LogP contribution in [0, 0.1) is 5.41 Å². The van der Waals surface area contributed by atoms with Gasteiger partial charge < -0.3 is 10.1 Å². The summed E-state index contributed by atoms with van der Waals surface area (Å²) in [4.78, 5) is 0. The highest BCUT2D eigenvalue weighted by molar-refractivity contribution is 5.40. The van der Waals surface area contributed by atoms with Crippen molar-refractivity contribution >= 4 is 0 Å². The van der Waals surface area contributed by atoms with E-state index in [1.165, 1.54) is 17.5 Å². The minimum atomic E-state index is 0.400. The largest absolute Gasteiger partial charge is 0.493 e. The lowest BCUT2D eigenvalue weighted by Gasteiger charge is -2.22. The summed E-state index contributed by atoms with van der Waals surface area (Å²) in [6.45, 7) is 11.0. The van der Waals surface area contributed by atoms with Gasteiger partial charge in [0.25, 0.3) is 0 Å². The smallest absolute Gasteiger partial charge is 0.122 e. The summed E-state index contributed by atoms with van der Waals surface area (Å²) >= 11 is 0. The number of fused-ring (bicyclic) bond motifs is 1. The fourth-order valence-corrected chi connectivity index (χ4v) is 2.54. The van der Waals surface area contributed by atoms with Crippen LogP contribution < -0.4 is 10.1 Å². The lowest BCUT2D eigenvalue weighted by atomic mass is 9.92. The summed E-state index contributed by atoms with van der Waals surface area (Å²) in [5.41, 5.74) is 3.17. The lowest BCUT2D eigenvalue weighted by Crippen LogP contribution is -2.25. The van der Waals surface area contributed by atoms with Gasteiger partial charge in [0.2, 0.25) is 0 Å². The van der Waals surface area contributed by atoms with Crippen LogP contribution in [0.15, 0.2) is 18.2 Å². The van der Waals surface area contributed by atoms with E-state index < -0.39 is 0 Å². The summed E-state index contributed by atoms with van der Waals surface area (Å²) in [6.07, 6.45) is 3.39. The Morgan fingerprint density at radius 2 is 2.11 bits per heavy atom. The number of nitrogens with one attached hydrogen (secondary N) is 1. The molecule has 0 fully saturated rings. The molecule has 1 aliphatic heterocycles. The van der Waals surface area contributed by atoms with E-state index in [-0.39, 0.29) is 0 Å². The van der Waals surface area contributed by atoms with Crippen molar-refractivity contribution in [2.24, 2.45) is 5.41 Å². The van der Waals surface area contributed by atoms with Crippen molar-refractivity contribution in [3.8, 4) is 5.75 Å². The Balaban J connectivity index is 1.97. The first kappa shape index (κ1) is 14.4. The molecule has 0 saturated heterocycles. The highest BCUT2D eigenvalue weighted by Gasteiger charge is 2.16. The molecule has 2 nitrogen and oxygen atoms in total. The van der Waals surface area contributed by atoms with E-state index in [1.807, 2.05) is 0 Å². The molecule has 0 spiro atoms. The fraction of sp³-hybridized carbons (Fsp3) is 0.647. The Kier molecular flexibility index (Phi) is 4.51. The second kappa shape index (κ2) is 5.96. The molecule has 0 saturated carbocycles. The van der Waals surface area contributed by atoms with Gasteiger partial charge >= 0.3 is 0 Å². The van der Waals surface area contributed by atoms with Crippen molar-refractivity contribution in [1.82, 2.24) is 5.32 Å². The molecule has 2 rings (SSSR count). The molecule has 0 radical (unpaired) electrons. The molecule has 1 N–H and O–H groups in total. The molecule has 106 valence electrons. The molecule has 1 unspecified atom stereocenters. The third-order valence-electron chi connectivity index (χ3n) is 3.79. The molecule has 0 bridgehead atoms. The standard InChI is InChI=1S/C17H27NO/c1-5-15(18-10-9-17(2,3)4)13-6-7-16-14(12-13)8-11-19-16/h6-7,12,15,18H,5,8-11H2,1-4H3. The third-order valence-corrected chi connectivity index (χ3v) is 3.79. The first-order valence-corrected chi connectivity index (χ1v) is 7.48. The highest BCUT2D eigenvalue weighted by Crippen LogP contribution is 2.29. The van der Waals surface area contributed by atoms with Crippen molar-refractivity contribution in [3.05, 3.63) is 29.3 Å². The zero-order chi connectivity index (χ0) is 13.9. The fourth-order valence-electron chi connectivity index (χ4n) is 2.54. The Morgan fingerprint density at radius 3 is 2.79 bits per heavy atom. The number of hydrogen-bond donors (Lipinski definition) is 1. The van der Waals surface area contributed by atoms with E-state index in [0.717, 1.165) is 31.7 Å². The molecular formula is C17H27NO. The van der Waals surface area contributed by atoms with E-state index in [1.54, 1.807) is 0 Å². The van der Waals surface area contributed by atoms with Crippen LogP contribution in [0.1, 0.15) is 57.7 Å². The third kappa shape index (κ3) is 3.97. The maximum atomic E-state index is 5.57. The van der Waals surface area contributed by atoms with Gasteiger partial charge in [-0.3, -0.25) is 0 Å². The van der Waals surface area contributed by atoms with E-state index in [4.69, 9.17) is 4.74 Å². The van der Waals surface area contributed by atoms with Crippen LogP contribution in [0.4, 0.5) is 0 Å². The zero-order valence-corrected chi connectivity index (χ0v) is 12.8. The maximum Gasteiger partial charge on any atom is 0.122 e. The second-order valence-electron chi connectivity index (χ2n) is 6.69. The van der Waals surface area contributed by atoms with Crippen LogP contribution in [0.25, 0.3) is 0 Å². The van der Waals surface area contributed by atoms with E-state index in [2.05, 4.69) is 51.2 Å². The average molecular weight is 261 g/mol. The number of benzene rings is 1. The first-order valence-electron chi connectivity index (χ1n) is 7.48. The summed E-state index contributed by atoms with van der Waals surface area (Å²) in [7, 11) is 0. The Bertz CT molecular complexity index is 420. The molecule has 1 heterocycles. The van der Waals surface area contributed by atoms with E-state index in [9.17, 15) is 0 Å². The van der Waals surface area contributed by atoms with Gasteiger partial charge in [-0.2, -0.15) is 0 Å². The minimum Gasteiger partial charge on any atom is -0.493 e. The normalized spacial score (nSPS) is 16.0. The molecule has 1 aromatic carbocycles. The van der Waals surface area contributed by atoms with E-state index in [0.29, 0.717) is 11.5 Å². The molecule has 1 aliphatic rings. The van der Waals surface area contributed by atoms with Crippen molar-refractivity contribution < 1.29 is 4.74 Å². The van der Waals surface area contributed by atoms with Crippen molar-refractivity contribution in [1.29, 1.82) is 0 Å². The monoisotopic (exact) mass is 261 g/mol. The van der Waals surface area contributed by atoms with Gasteiger partial charge in [0, 0.05) is 12.5 Å². The Labute approximate surface area is 117 Å². The lowest BCUT2D eigenvalue weighted by molar-refractivity contribution is 0.352. The van der Waals surface area contributed by atoms with E-state index >= 15 is 0 Å². The maximum absolute atomic E-state index is 5.57. The summed E-state index contributed by atoms with van der Waals surface area (Å²) in [5, 5.41) is 3.69. The molecule has 1 aromatic rings. The van der Waals surface area contributed by atoms with Gasteiger partial charge in [0.05, 0.1) is 6.61 Å². The predicted molar refractivity (Wildman–Crippen MR) is 80.7 cm³/mol. The van der Waals surface area contributed by atoms with Gasteiger partial charge in [-0.05, 0) is 42.0 Å². The molecule has 1 atom stereocenters. The summed E-state index contributed by atoms with van der Waals surface area (Å²) in [5.74, 6) is 1.08. The number of hydrogen-bond acceptors (Lipinski definition) is 2. The molecule has 19 heavy (non-hydrogen) atoms. The second-order valence-corrected chi connectivity index (χ2v) is 6.69. The van der Waals surface area contributed by atoms with Crippen molar-refractivity contribution in [2.75, 3.05) is 13.2 Å². The number of ether oxygens (including phenoxy) is 1. The van der Waals surface area contributed by atoms with Crippen LogP contribution in [0.3, 0.4) is 0 Å². The van der Waals surface area contributed by atoms with Crippen LogP contribution in [0.5, 0.6) is 5.75 Å². The molecular weight excluding hydrogens is 234 g/mol. The zero-order valence-electron chi connectivity index (χ0n) is 12.8. The van der Waals surface area contributed by atoms with Crippen LogP contribution in [-0.4, -0.2) is 13.2 Å². The van der Waals surface area contributed by atoms with Gasteiger partial charge in [-0.15, -0.1) is 0 Å². The minimum absolute atomic E-state index is 0.400. The van der Waals surface area contributed by atoms with Gasteiger partial charge in [0.15, 0.2) is 0 Å². The molecule has 0 aliphatic carbocycles. The van der Waals surface area contributed by atoms with Gasteiger partial charge in [0.1, 0.15) is 5.75 Å². The molecule has 2 heteroatoms. The van der Waals surface area contributed by atoms with Gasteiger partial charge in [-0.25, -0.2) is 0 Å². The summed E-state index contributed by atoms with van der Waals surface area (Å²) in [6, 6.07) is 7.13. The highest BCUT2D eigenvalue weighted by atomic mass is 16.5. The SMILES string of the molecule is CCC(NCCC(C)(C)C)c1ccc2c(c1)CCO2. The van der Waals surface area contributed by atoms with Crippen LogP contribution in [0.2, 0.25) is 0 Å². The quantitative estimate of drug-likeness (QED) is 0.861. The van der Waals surface area contributed by atoms with Crippen LogP contribution in [-0.2, 0) is 6.42 Å². The topological polar surface area (TPSA) is 21.3 Å². The Morgan fingerprint density at radius 1 is 1.32 bits per heavy atom. The first-order chi connectivity index (χ1) is 8.99. The molecule has 0 aromatic heterocycles. The van der Waals surface area contributed by atoms with Crippen molar-refractivity contribution in [2.45, 2.75) is 53.0 Å². The number of rotatable bonds is 5. The predicted octanol–water partition coefficient (Wildman–Crippen LogP) is 4.10. The van der Waals surface area contributed by atoms with Crippen LogP contribution >= 0.6 is 0 Å². The Hall–Kier alpha value is -1.02.